The lowest BCUT2D eigenvalue weighted by Gasteiger charge is -2.37. The van der Waals surface area contributed by atoms with Crippen LogP contribution < -0.4 is 5.73 Å². The lowest BCUT2D eigenvalue weighted by atomic mass is 9.88. The number of rotatable bonds is 7. The molecule has 0 saturated carbocycles. The zero-order valence-electron chi connectivity index (χ0n) is 19.4. The van der Waals surface area contributed by atoms with Gasteiger partial charge in [0, 0.05) is 43.9 Å². The maximum absolute atomic E-state index is 13.2. The highest BCUT2D eigenvalue weighted by Crippen LogP contribution is 2.26. The van der Waals surface area contributed by atoms with Crippen molar-refractivity contribution in [1.29, 1.82) is 0 Å². The van der Waals surface area contributed by atoms with E-state index < -0.39 is 0 Å². The van der Waals surface area contributed by atoms with Gasteiger partial charge in [-0.15, -0.1) is 0 Å². The van der Waals surface area contributed by atoms with Crippen molar-refractivity contribution in [3.05, 3.63) is 54.0 Å². The second kappa shape index (κ2) is 11.2. The molecular weight excluding hydrogens is 416 g/mol. The molecule has 2 N–H and O–H groups in total. The van der Waals surface area contributed by atoms with E-state index in [-0.39, 0.29) is 11.8 Å². The van der Waals surface area contributed by atoms with Crippen LogP contribution in [0.1, 0.15) is 43.9 Å². The molecule has 2 saturated heterocycles. The number of aromatic nitrogens is 2. The number of pyridine rings is 2. The number of likely N-dealkylation sites (tertiary alicyclic amines) is 2. The smallest absolute Gasteiger partial charge is 0.225 e. The van der Waals surface area contributed by atoms with Crippen LogP contribution in [0.3, 0.4) is 0 Å². The van der Waals surface area contributed by atoms with Gasteiger partial charge < -0.3 is 15.5 Å². The molecule has 2 aliphatic rings. The Kier molecular flexibility index (Phi) is 7.88. The van der Waals surface area contributed by atoms with Crippen LogP contribution in [0.25, 0.3) is 0 Å². The third-order valence-corrected chi connectivity index (χ3v) is 6.60. The quantitative estimate of drug-likeness (QED) is 0.515. The molecule has 2 aromatic rings. The Bertz CT molecular complexity index is 935. The molecule has 8 heteroatoms. The van der Waals surface area contributed by atoms with E-state index in [0.717, 1.165) is 69.8 Å². The summed E-state index contributed by atoms with van der Waals surface area (Å²) in [6.45, 7) is 6.70. The number of carbonyl (C=O) groups is 1. The van der Waals surface area contributed by atoms with Crippen LogP contribution in [-0.2, 0) is 16.2 Å². The number of hydrogen-bond acceptors (Lipinski definition) is 7. The van der Waals surface area contributed by atoms with Gasteiger partial charge in [-0.25, -0.2) is 4.98 Å². The van der Waals surface area contributed by atoms with Gasteiger partial charge in [0.2, 0.25) is 5.91 Å². The summed E-state index contributed by atoms with van der Waals surface area (Å²) < 4.78 is 0. The average molecular weight is 451 g/mol. The molecule has 0 unspecified atom stereocenters. The molecule has 4 rings (SSSR count). The minimum absolute atomic E-state index is 0.118. The summed E-state index contributed by atoms with van der Waals surface area (Å²) in [6.07, 6.45) is 7.12. The number of amides is 1. The number of hydrogen-bond donors (Lipinski definition) is 1. The van der Waals surface area contributed by atoms with Crippen LogP contribution in [-0.4, -0.2) is 64.2 Å². The summed E-state index contributed by atoms with van der Waals surface area (Å²) in [7, 11) is 0. The number of oxime groups is 1. The van der Waals surface area contributed by atoms with Gasteiger partial charge in [0.05, 0.1) is 5.69 Å². The van der Waals surface area contributed by atoms with Crippen molar-refractivity contribution in [2.75, 3.05) is 38.5 Å². The summed E-state index contributed by atoms with van der Waals surface area (Å²) in [5.74, 6) is 1.23. The van der Waals surface area contributed by atoms with Gasteiger partial charge in [0.15, 0.2) is 0 Å². The highest BCUT2D eigenvalue weighted by Gasteiger charge is 2.32. The van der Waals surface area contributed by atoms with Crippen LogP contribution in [0.4, 0.5) is 5.82 Å². The second-order valence-corrected chi connectivity index (χ2v) is 8.85. The maximum atomic E-state index is 13.2. The Morgan fingerprint density at radius 3 is 2.48 bits per heavy atom. The fraction of sp³-hybridized carbons (Fsp3) is 0.520. The minimum Gasteiger partial charge on any atom is -0.396 e. The van der Waals surface area contributed by atoms with Crippen molar-refractivity contribution in [2.45, 2.75) is 39.2 Å². The molecule has 8 nitrogen and oxygen atoms in total. The maximum Gasteiger partial charge on any atom is 0.225 e. The fourth-order valence-electron chi connectivity index (χ4n) is 4.80. The van der Waals surface area contributed by atoms with Gasteiger partial charge in [0.25, 0.3) is 0 Å². The molecule has 0 atom stereocenters. The average Bonchev–Trinajstić information content (AvgIpc) is 2.85. The predicted molar refractivity (Wildman–Crippen MR) is 128 cm³/mol. The van der Waals surface area contributed by atoms with E-state index in [1.807, 2.05) is 37.3 Å². The molecule has 2 fully saturated rings. The monoisotopic (exact) mass is 450 g/mol. The molecule has 33 heavy (non-hydrogen) atoms. The molecule has 176 valence electrons. The molecule has 2 aromatic heterocycles. The topological polar surface area (TPSA) is 96.9 Å². The van der Waals surface area contributed by atoms with Crippen LogP contribution in [0.15, 0.2) is 47.9 Å². The van der Waals surface area contributed by atoms with Crippen molar-refractivity contribution in [3.63, 3.8) is 0 Å². The Morgan fingerprint density at radius 2 is 1.82 bits per heavy atom. The molecule has 1 amide bonds. The minimum atomic E-state index is 0.118. The van der Waals surface area contributed by atoms with Crippen molar-refractivity contribution in [2.24, 2.45) is 17.0 Å². The van der Waals surface area contributed by atoms with E-state index in [9.17, 15) is 4.79 Å². The fourth-order valence-corrected chi connectivity index (χ4v) is 4.80. The Hall–Kier alpha value is -3.00. The number of piperidine rings is 2. The SMILES string of the molecule is CCO/N=C(/c1ccccn1)C1CCN(C(=O)C2CCN(Cc3ccnc(N)c3)CC2)CC1. The zero-order chi connectivity index (χ0) is 23.0. The van der Waals surface area contributed by atoms with E-state index in [1.165, 1.54) is 5.56 Å². The van der Waals surface area contributed by atoms with Crippen LogP contribution >= 0.6 is 0 Å². The van der Waals surface area contributed by atoms with Gasteiger partial charge >= 0.3 is 0 Å². The number of nitrogen functional groups attached to an aromatic ring is 1. The first-order valence-corrected chi connectivity index (χ1v) is 12.0. The standard InChI is InChI=1S/C25H34N6O2/c1-2-33-29-24(22-5-3-4-11-27-22)20-9-15-31(16-10-20)25(32)21-7-13-30(14-8-21)18-19-6-12-28-23(26)17-19/h3-6,11-12,17,20-21H,2,7-10,13-16,18H2,1H3,(H2,26,28)/b29-24+. The van der Waals surface area contributed by atoms with E-state index >= 15 is 0 Å². The first-order valence-electron chi connectivity index (χ1n) is 12.0. The summed E-state index contributed by atoms with van der Waals surface area (Å²) in [6, 6.07) is 9.78. The summed E-state index contributed by atoms with van der Waals surface area (Å²) >= 11 is 0. The van der Waals surface area contributed by atoms with E-state index in [0.29, 0.717) is 18.3 Å². The lowest BCUT2D eigenvalue weighted by Crippen LogP contribution is -2.46. The van der Waals surface area contributed by atoms with Gasteiger partial charge in [-0.3, -0.25) is 14.7 Å². The van der Waals surface area contributed by atoms with E-state index in [2.05, 4.69) is 24.9 Å². The van der Waals surface area contributed by atoms with Crippen LogP contribution in [0, 0.1) is 11.8 Å². The third kappa shape index (κ3) is 6.07. The van der Waals surface area contributed by atoms with Crippen molar-refractivity contribution >= 4 is 17.4 Å². The van der Waals surface area contributed by atoms with Crippen LogP contribution in [0.5, 0.6) is 0 Å². The summed E-state index contributed by atoms with van der Waals surface area (Å²) in [5.41, 5.74) is 8.73. The van der Waals surface area contributed by atoms with E-state index in [1.54, 1.807) is 12.4 Å². The van der Waals surface area contributed by atoms with Crippen LogP contribution in [0.2, 0.25) is 0 Å². The Labute approximate surface area is 195 Å². The van der Waals surface area contributed by atoms with Gasteiger partial charge in [-0.1, -0.05) is 11.2 Å². The van der Waals surface area contributed by atoms with Crippen molar-refractivity contribution in [3.8, 4) is 0 Å². The summed E-state index contributed by atoms with van der Waals surface area (Å²) in [5, 5.41) is 4.38. The number of anilines is 1. The Morgan fingerprint density at radius 1 is 1.06 bits per heavy atom. The predicted octanol–water partition coefficient (Wildman–Crippen LogP) is 2.95. The van der Waals surface area contributed by atoms with Crippen molar-refractivity contribution in [1.82, 2.24) is 19.8 Å². The number of nitrogens with two attached hydrogens (primary N) is 1. The van der Waals surface area contributed by atoms with E-state index in [4.69, 9.17) is 10.6 Å². The second-order valence-electron chi connectivity index (χ2n) is 8.85. The molecule has 0 bridgehead atoms. The first-order chi connectivity index (χ1) is 16.1. The first kappa shape index (κ1) is 23.2. The Balaban J connectivity index is 1.28. The lowest BCUT2D eigenvalue weighted by molar-refractivity contribution is -0.138. The highest BCUT2D eigenvalue weighted by atomic mass is 16.6. The molecule has 0 aliphatic carbocycles. The van der Waals surface area contributed by atoms with Gasteiger partial charge in [-0.05, 0) is 75.5 Å². The number of carbonyl (C=O) groups excluding carboxylic acids is 1. The zero-order valence-corrected chi connectivity index (χ0v) is 19.4. The highest BCUT2D eigenvalue weighted by molar-refractivity contribution is 6.00. The largest absolute Gasteiger partial charge is 0.396 e. The molecule has 4 heterocycles. The van der Waals surface area contributed by atoms with Crippen molar-refractivity contribution < 1.29 is 9.63 Å². The third-order valence-electron chi connectivity index (χ3n) is 6.60. The van der Waals surface area contributed by atoms with Gasteiger partial charge in [0.1, 0.15) is 18.1 Å². The molecule has 0 radical (unpaired) electrons. The molecule has 2 aliphatic heterocycles. The molecule has 0 aromatic carbocycles. The summed E-state index contributed by atoms with van der Waals surface area (Å²) in [4.78, 5) is 31.6. The molecular formula is C25H34N6O2. The molecule has 0 spiro atoms. The normalized spacial score (nSPS) is 18.9. The number of nitrogens with zero attached hydrogens (tertiary/aromatic N) is 5. The van der Waals surface area contributed by atoms with Gasteiger partial charge in [-0.2, -0.15) is 0 Å².